The lowest BCUT2D eigenvalue weighted by atomic mass is 10.3. The molecular weight excluding hydrogens is 354 g/mol. The van der Waals surface area contributed by atoms with Crippen molar-refractivity contribution < 1.29 is 4.79 Å². The number of imidazole rings is 1. The van der Waals surface area contributed by atoms with Crippen molar-refractivity contribution >= 4 is 44.5 Å². The summed E-state index contributed by atoms with van der Waals surface area (Å²) in [6.07, 6.45) is 0.409. The highest BCUT2D eigenvalue weighted by atomic mass is 79.9. The number of amides is 1. The Hall–Kier alpha value is -1.07. The van der Waals surface area contributed by atoms with E-state index in [1.54, 1.807) is 0 Å². The number of rotatable bonds is 5. The van der Waals surface area contributed by atoms with E-state index >= 15 is 0 Å². The van der Waals surface area contributed by atoms with E-state index in [1.807, 2.05) is 43.5 Å². The Labute approximate surface area is 138 Å². The number of aromatic nitrogens is 2. The maximum Gasteiger partial charge on any atom is 0.221 e. The topological polar surface area (TPSA) is 46.9 Å². The van der Waals surface area contributed by atoms with E-state index in [-0.39, 0.29) is 17.3 Å². The fraction of sp³-hybridized carbons (Fsp3) is 0.467. The molecule has 0 aliphatic carbocycles. The van der Waals surface area contributed by atoms with Gasteiger partial charge in [-0.15, -0.1) is 11.6 Å². The van der Waals surface area contributed by atoms with Crippen LogP contribution in [0, 0.1) is 0 Å². The first kappa shape index (κ1) is 16.3. The predicted molar refractivity (Wildman–Crippen MR) is 89.6 cm³/mol. The fourth-order valence-corrected chi connectivity index (χ4v) is 2.78. The van der Waals surface area contributed by atoms with Crippen LogP contribution in [0.5, 0.6) is 0 Å². The van der Waals surface area contributed by atoms with Crippen LogP contribution in [0.25, 0.3) is 11.0 Å². The molecule has 1 atom stereocenters. The first-order chi connectivity index (χ1) is 9.88. The van der Waals surface area contributed by atoms with E-state index in [0.29, 0.717) is 13.0 Å². The summed E-state index contributed by atoms with van der Waals surface area (Å²) in [4.78, 5) is 16.4. The molecule has 0 fully saturated rings. The summed E-state index contributed by atoms with van der Waals surface area (Å²) in [6, 6.07) is 6.06. The number of nitrogens with zero attached hydrogens (tertiary/aromatic N) is 2. The van der Waals surface area contributed by atoms with Crippen LogP contribution in [0.2, 0.25) is 0 Å². The second-order valence-electron chi connectivity index (χ2n) is 5.34. The number of alkyl halides is 1. The number of carbonyl (C=O) groups excluding carboxylic acids is 1. The van der Waals surface area contributed by atoms with Crippen LogP contribution in [0.3, 0.4) is 0 Å². The zero-order valence-corrected chi connectivity index (χ0v) is 14.7. The lowest BCUT2D eigenvalue weighted by Gasteiger charge is -2.12. The van der Waals surface area contributed by atoms with Gasteiger partial charge >= 0.3 is 0 Å². The van der Waals surface area contributed by atoms with E-state index in [9.17, 15) is 4.79 Å². The quantitative estimate of drug-likeness (QED) is 0.806. The smallest absolute Gasteiger partial charge is 0.221 e. The van der Waals surface area contributed by atoms with Gasteiger partial charge < -0.3 is 9.88 Å². The van der Waals surface area contributed by atoms with Gasteiger partial charge in [0.05, 0.1) is 16.4 Å². The molecule has 4 nitrogen and oxygen atoms in total. The van der Waals surface area contributed by atoms with Gasteiger partial charge in [-0.25, -0.2) is 4.98 Å². The maximum absolute atomic E-state index is 11.8. The van der Waals surface area contributed by atoms with E-state index < -0.39 is 0 Å². The molecule has 2 rings (SSSR count). The Kier molecular flexibility index (Phi) is 5.27. The number of fused-ring (bicyclic) bond motifs is 1. The molecular formula is C15H19BrClN3O. The molecule has 6 heteroatoms. The van der Waals surface area contributed by atoms with Crippen molar-refractivity contribution in [1.29, 1.82) is 0 Å². The molecule has 0 spiro atoms. The Morgan fingerprint density at radius 2 is 2.14 bits per heavy atom. The zero-order valence-electron chi connectivity index (χ0n) is 12.4. The van der Waals surface area contributed by atoms with E-state index in [4.69, 9.17) is 11.6 Å². The average Bonchev–Trinajstić information content (AvgIpc) is 2.73. The highest BCUT2D eigenvalue weighted by molar-refractivity contribution is 9.10. The number of aryl methyl sites for hydroxylation is 1. The summed E-state index contributed by atoms with van der Waals surface area (Å²) in [5, 5.41) is 2.69. The molecule has 2 aromatic rings. The third kappa shape index (κ3) is 3.98. The van der Waals surface area contributed by atoms with Gasteiger partial charge in [0.2, 0.25) is 5.91 Å². The molecule has 0 radical (unpaired) electrons. The average molecular weight is 373 g/mol. The van der Waals surface area contributed by atoms with Gasteiger partial charge in [0.15, 0.2) is 0 Å². The van der Waals surface area contributed by atoms with Crippen molar-refractivity contribution in [3.05, 3.63) is 28.5 Å². The standard InChI is InChI=1S/C15H19BrClN3O/c1-9(2)18-14(21)6-7-20-13-8-11(16)4-5-12(13)19-15(20)10(3)17/h4-5,8-10H,6-7H2,1-3H3,(H,18,21). The normalized spacial score (nSPS) is 12.9. The van der Waals surface area contributed by atoms with Gasteiger partial charge in [0, 0.05) is 23.5 Å². The number of halogens is 2. The maximum atomic E-state index is 11.8. The molecule has 1 heterocycles. The minimum absolute atomic E-state index is 0.0371. The minimum Gasteiger partial charge on any atom is -0.354 e. The molecule has 1 amide bonds. The van der Waals surface area contributed by atoms with Crippen LogP contribution < -0.4 is 5.32 Å². The molecule has 1 aromatic carbocycles. The lowest BCUT2D eigenvalue weighted by Crippen LogP contribution is -2.30. The second-order valence-corrected chi connectivity index (χ2v) is 6.91. The van der Waals surface area contributed by atoms with Gasteiger partial charge in [0.25, 0.3) is 0 Å². The molecule has 114 valence electrons. The Balaban J connectivity index is 2.30. The first-order valence-electron chi connectivity index (χ1n) is 6.97. The molecule has 1 N–H and O–H groups in total. The van der Waals surface area contributed by atoms with Crippen LogP contribution in [-0.2, 0) is 11.3 Å². The lowest BCUT2D eigenvalue weighted by molar-refractivity contribution is -0.121. The Morgan fingerprint density at radius 3 is 2.76 bits per heavy atom. The summed E-state index contributed by atoms with van der Waals surface area (Å²) in [7, 11) is 0. The van der Waals surface area contributed by atoms with Crippen molar-refractivity contribution in [3.63, 3.8) is 0 Å². The molecule has 0 saturated heterocycles. The van der Waals surface area contributed by atoms with Crippen molar-refractivity contribution in [1.82, 2.24) is 14.9 Å². The summed E-state index contributed by atoms with van der Waals surface area (Å²) in [5.41, 5.74) is 1.88. The molecule has 0 bridgehead atoms. The largest absolute Gasteiger partial charge is 0.354 e. The summed E-state index contributed by atoms with van der Waals surface area (Å²) >= 11 is 9.70. The van der Waals surface area contributed by atoms with Gasteiger partial charge in [-0.2, -0.15) is 0 Å². The van der Waals surface area contributed by atoms with E-state index in [1.165, 1.54) is 0 Å². The van der Waals surface area contributed by atoms with Crippen molar-refractivity contribution in [2.24, 2.45) is 0 Å². The fourth-order valence-electron chi connectivity index (χ4n) is 2.26. The van der Waals surface area contributed by atoms with Gasteiger partial charge in [0.1, 0.15) is 5.82 Å². The molecule has 0 aliphatic heterocycles. The van der Waals surface area contributed by atoms with E-state index in [2.05, 4.69) is 26.2 Å². The van der Waals surface area contributed by atoms with Crippen molar-refractivity contribution in [2.75, 3.05) is 0 Å². The third-order valence-electron chi connectivity index (χ3n) is 3.11. The monoisotopic (exact) mass is 371 g/mol. The number of hydrogen-bond donors (Lipinski definition) is 1. The first-order valence-corrected chi connectivity index (χ1v) is 8.20. The molecule has 0 saturated carbocycles. The number of carbonyl (C=O) groups is 1. The minimum atomic E-state index is -0.204. The molecule has 21 heavy (non-hydrogen) atoms. The van der Waals surface area contributed by atoms with Crippen LogP contribution in [0.1, 0.15) is 38.4 Å². The summed E-state index contributed by atoms with van der Waals surface area (Å²) < 4.78 is 3.01. The molecule has 0 aliphatic rings. The van der Waals surface area contributed by atoms with Crippen LogP contribution in [0.4, 0.5) is 0 Å². The molecule has 1 aromatic heterocycles. The Bertz CT molecular complexity index is 652. The van der Waals surface area contributed by atoms with Gasteiger partial charge in [-0.3, -0.25) is 4.79 Å². The SMILES string of the molecule is CC(C)NC(=O)CCn1c(C(C)Cl)nc2ccc(Br)cc21. The van der Waals surface area contributed by atoms with Crippen LogP contribution in [0.15, 0.2) is 22.7 Å². The van der Waals surface area contributed by atoms with Crippen LogP contribution >= 0.6 is 27.5 Å². The predicted octanol–water partition coefficient (Wildman–Crippen LogP) is 4.01. The third-order valence-corrected chi connectivity index (χ3v) is 3.80. The summed E-state index contributed by atoms with van der Waals surface area (Å²) in [6.45, 7) is 6.36. The van der Waals surface area contributed by atoms with E-state index in [0.717, 1.165) is 21.3 Å². The van der Waals surface area contributed by atoms with Crippen LogP contribution in [-0.4, -0.2) is 21.5 Å². The highest BCUT2D eigenvalue weighted by Crippen LogP contribution is 2.27. The van der Waals surface area contributed by atoms with Gasteiger partial charge in [-0.1, -0.05) is 15.9 Å². The van der Waals surface area contributed by atoms with Gasteiger partial charge in [-0.05, 0) is 39.0 Å². The number of hydrogen-bond acceptors (Lipinski definition) is 2. The highest BCUT2D eigenvalue weighted by Gasteiger charge is 2.16. The molecule has 1 unspecified atom stereocenters. The van der Waals surface area contributed by atoms with Crippen molar-refractivity contribution in [2.45, 2.75) is 45.2 Å². The van der Waals surface area contributed by atoms with Crippen molar-refractivity contribution in [3.8, 4) is 0 Å². The second kappa shape index (κ2) is 6.79. The number of nitrogens with one attached hydrogen (secondary N) is 1. The zero-order chi connectivity index (χ0) is 15.6. The number of benzene rings is 1. The Morgan fingerprint density at radius 1 is 1.43 bits per heavy atom. The summed E-state index contributed by atoms with van der Waals surface area (Å²) in [5.74, 6) is 0.831.